The topological polar surface area (TPSA) is 26.0 Å². The minimum absolute atomic E-state index is 0.261. The van der Waals surface area contributed by atoms with Gasteiger partial charge in [-0.25, -0.2) is 4.39 Å². The monoisotopic (exact) mass is 243 g/mol. The van der Waals surface area contributed by atoms with Crippen LogP contribution >= 0.6 is 11.6 Å². The Morgan fingerprint density at radius 1 is 1.31 bits per heavy atom. The first-order valence-electron chi connectivity index (χ1n) is 5.79. The summed E-state index contributed by atoms with van der Waals surface area (Å²) < 4.78 is 13.5. The lowest BCUT2D eigenvalue weighted by atomic mass is 9.91. The van der Waals surface area contributed by atoms with Crippen LogP contribution < -0.4 is 5.73 Å². The van der Waals surface area contributed by atoms with Crippen molar-refractivity contribution in [2.24, 2.45) is 11.7 Å². The van der Waals surface area contributed by atoms with Gasteiger partial charge in [-0.1, -0.05) is 38.3 Å². The number of rotatable bonds is 5. The van der Waals surface area contributed by atoms with Crippen LogP contribution in [0.1, 0.15) is 44.7 Å². The van der Waals surface area contributed by atoms with E-state index in [1.807, 2.05) is 0 Å². The van der Waals surface area contributed by atoms with Crippen molar-refractivity contribution < 1.29 is 4.39 Å². The van der Waals surface area contributed by atoms with E-state index in [4.69, 9.17) is 17.3 Å². The third-order valence-corrected chi connectivity index (χ3v) is 3.33. The molecule has 1 rings (SSSR count). The molecule has 0 aliphatic carbocycles. The van der Waals surface area contributed by atoms with Crippen molar-refractivity contribution in [1.29, 1.82) is 0 Å². The van der Waals surface area contributed by atoms with Gasteiger partial charge in [-0.3, -0.25) is 0 Å². The Kier molecular flexibility index (Phi) is 5.23. The Morgan fingerprint density at radius 3 is 2.50 bits per heavy atom. The lowest BCUT2D eigenvalue weighted by Crippen LogP contribution is -2.16. The van der Waals surface area contributed by atoms with Gasteiger partial charge in [0.25, 0.3) is 0 Å². The maximum Gasteiger partial charge on any atom is 0.128 e. The third kappa shape index (κ3) is 3.46. The van der Waals surface area contributed by atoms with Crippen LogP contribution in [0, 0.1) is 11.7 Å². The standard InChI is InChI=1S/C13H19ClFN/c1-3-9(4-2)7-13(16)11-8-10(14)5-6-12(11)15/h5-6,8-9,13H,3-4,7,16H2,1-2H3. The quantitative estimate of drug-likeness (QED) is 0.820. The fourth-order valence-electron chi connectivity index (χ4n) is 1.91. The van der Waals surface area contributed by atoms with Crippen molar-refractivity contribution in [3.8, 4) is 0 Å². The molecule has 0 heterocycles. The molecule has 0 aliphatic rings. The van der Waals surface area contributed by atoms with E-state index in [-0.39, 0.29) is 11.9 Å². The van der Waals surface area contributed by atoms with Gasteiger partial charge in [-0.05, 0) is 30.5 Å². The molecule has 1 aromatic carbocycles. The number of hydrogen-bond acceptors (Lipinski definition) is 1. The van der Waals surface area contributed by atoms with E-state index < -0.39 is 0 Å². The Bertz CT molecular complexity index is 337. The van der Waals surface area contributed by atoms with Gasteiger partial charge in [-0.15, -0.1) is 0 Å². The summed E-state index contributed by atoms with van der Waals surface area (Å²) in [6, 6.07) is 4.29. The van der Waals surface area contributed by atoms with Crippen LogP contribution in [0.3, 0.4) is 0 Å². The van der Waals surface area contributed by atoms with Crippen molar-refractivity contribution in [2.75, 3.05) is 0 Å². The molecule has 0 aliphatic heterocycles. The molecule has 1 nitrogen and oxygen atoms in total. The van der Waals surface area contributed by atoms with Gasteiger partial charge in [0.1, 0.15) is 5.82 Å². The Balaban J connectivity index is 2.79. The molecule has 0 saturated carbocycles. The van der Waals surface area contributed by atoms with Gasteiger partial charge in [0.15, 0.2) is 0 Å². The van der Waals surface area contributed by atoms with Crippen molar-refractivity contribution >= 4 is 11.6 Å². The molecule has 0 spiro atoms. The second kappa shape index (κ2) is 6.21. The molecule has 0 saturated heterocycles. The van der Waals surface area contributed by atoms with Crippen molar-refractivity contribution in [1.82, 2.24) is 0 Å². The Morgan fingerprint density at radius 2 is 1.94 bits per heavy atom. The maximum atomic E-state index is 13.5. The molecule has 0 fully saturated rings. The minimum Gasteiger partial charge on any atom is -0.324 e. The molecule has 1 atom stereocenters. The zero-order chi connectivity index (χ0) is 12.1. The molecule has 2 N–H and O–H groups in total. The summed E-state index contributed by atoms with van der Waals surface area (Å²) in [5.41, 5.74) is 6.55. The lowest BCUT2D eigenvalue weighted by Gasteiger charge is -2.19. The second-order valence-corrected chi connectivity index (χ2v) is 4.63. The summed E-state index contributed by atoms with van der Waals surface area (Å²) in [6.07, 6.45) is 2.96. The average molecular weight is 244 g/mol. The molecule has 1 aromatic rings. The summed E-state index contributed by atoms with van der Waals surface area (Å²) >= 11 is 5.84. The van der Waals surface area contributed by atoms with Gasteiger partial charge >= 0.3 is 0 Å². The van der Waals surface area contributed by atoms with E-state index in [1.54, 1.807) is 12.1 Å². The first-order valence-corrected chi connectivity index (χ1v) is 6.16. The molecule has 16 heavy (non-hydrogen) atoms. The van der Waals surface area contributed by atoms with E-state index in [1.165, 1.54) is 6.07 Å². The van der Waals surface area contributed by atoms with E-state index in [0.717, 1.165) is 19.3 Å². The maximum absolute atomic E-state index is 13.5. The number of benzene rings is 1. The summed E-state index contributed by atoms with van der Waals surface area (Å²) in [6.45, 7) is 4.27. The summed E-state index contributed by atoms with van der Waals surface area (Å²) in [4.78, 5) is 0. The van der Waals surface area contributed by atoms with Gasteiger partial charge in [-0.2, -0.15) is 0 Å². The van der Waals surface area contributed by atoms with Crippen LogP contribution in [0.25, 0.3) is 0 Å². The zero-order valence-corrected chi connectivity index (χ0v) is 10.6. The minimum atomic E-state index is -0.261. The number of nitrogens with two attached hydrogens (primary N) is 1. The summed E-state index contributed by atoms with van der Waals surface area (Å²) in [5, 5.41) is 0.538. The summed E-state index contributed by atoms with van der Waals surface area (Å²) in [7, 11) is 0. The molecule has 0 radical (unpaired) electrons. The SMILES string of the molecule is CCC(CC)CC(N)c1cc(Cl)ccc1F. The Labute approximate surface area is 102 Å². The second-order valence-electron chi connectivity index (χ2n) is 4.19. The highest BCUT2D eigenvalue weighted by molar-refractivity contribution is 6.30. The molecule has 1 unspecified atom stereocenters. The molecule has 0 amide bonds. The molecule has 3 heteroatoms. The van der Waals surface area contributed by atoms with E-state index in [2.05, 4.69) is 13.8 Å². The van der Waals surface area contributed by atoms with E-state index >= 15 is 0 Å². The first-order chi connectivity index (χ1) is 7.58. The van der Waals surface area contributed by atoms with Crippen LogP contribution in [0.4, 0.5) is 4.39 Å². The fraction of sp³-hybridized carbons (Fsp3) is 0.538. The molecule has 0 aromatic heterocycles. The third-order valence-electron chi connectivity index (χ3n) is 3.10. The van der Waals surface area contributed by atoms with Gasteiger partial charge in [0.2, 0.25) is 0 Å². The fourth-order valence-corrected chi connectivity index (χ4v) is 2.09. The van der Waals surface area contributed by atoms with Gasteiger partial charge < -0.3 is 5.73 Å². The smallest absolute Gasteiger partial charge is 0.128 e. The van der Waals surface area contributed by atoms with Crippen molar-refractivity contribution in [3.05, 3.63) is 34.6 Å². The van der Waals surface area contributed by atoms with Crippen LogP contribution in [0.2, 0.25) is 5.02 Å². The van der Waals surface area contributed by atoms with Gasteiger partial charge in [0, 0.05) is 16.6 Å². The molecule has 90 valence electrons. The Hall–Kier alpha value is -0.600. The van der Waals surface area contributed by atoms with Crippen LogP contribution in [-0.2, 0) is 0 Å². The number of halogens is 2. The predicted octanol–water partition coefficient (Wildman–Crippen LogP) is 4.31. The zero-order valence-electron chi connectivity index (χ0n) is 9.84. The largest absolute Gasteiger partial charge is 0.324 e. The number of hydrogen-bond donors (Lipinski definition) is 1. The first kappa shape index (κ1) is 13.5. The van der Waals surface area contributed by atoms with E-state index in [0.29, 0.717) is 16.5 Å². The van der Waals surface area contributed by atoms with Crippen molar-refractivity contribution in [2.45, 2.75) is 39.2 Å². The highest BCUT2D eigenvalue weighted by atomic mass is 35.5. The van der Waals surface area contributed by atoms with E-state index in [9.17, 15) is 4.39 Å². The van der Waals surface area contributed by atoms with Crippen LogP contribution in [0.15, 0.2) is 18.2 Å². The highest BCUT2D eigenvalue weighted by Crippen LogP contribution is 2.26. The highest BCUT2D eigenvalue weighted by Gasteiger charge is 2.15. The van der Waals surface area contributed by atoms with Gasteiger partial charge in [0.05, 0.1) is 0 Å². The lowest BCUT2D eigenvalue weighted by molar-refractivity contribution is 0.407. The average Bonchev–Trinajstić information content (AvgIpc) is 2.28. The van der Waals surface area contributed by atoms with Crippen molar-refractivity contribution in [3.63, 3.8) is 0 Å². The molecular formula is C13H19ClFN. The molecular weight excluding hydrogens is 225 g/mol. The normalized spacial score (nSPS) is 13.1. The predicted molar refractivity (Wildman–Crippen MR) is 67.0 cm³/mol. The molecule has 0 bridgehead atoms. The summed E-state index contributed by atoms with van der Waals surface area (Å²) in [5.74, 6) is 0.288. The van der Waals surface area contributed by atoms with Crippen LogP contribution in [-0.4, -0.2) is 0 Å². The van der Waals surface area contributed by atoms with Crippen LogP contribution in [0.5, 0.6) is 0 Å².